The van der Waals surface area contributed by atoms with E-state index < -0.39 is 0 Å². The molecular weight excluding hydrogens is 372 g/mol. The third-order valence-electron chi connectivity index (χ3n) is 4.49. The molecule has 0 unspecified atom stereocenters. The third-order valence-corrected chi connectivity index (χ3v) is 5.44. The van der Waals surface area contributed by atoms with Crippen molar-refractivity contribution < 1.29 is 9.21 Å². The van der Waals surface area contributed by atoms with Crippen LogP contribution in [0.4, 0.5) is 5.69 Å². The second kappa shape index (κ2) is 7.90. The zero-order chi connectivity index (χ0) is 19.5. The van der Waals surface area contributed by atoms with E-state index in [0.29, 0.717) is 11.6 Å². The van der Waals surface area contributed by atoms with E-state index >= 15 is 0 Å². The lowest BCUT2D eigenvalue weighted by Gasteiger charge is -2.21. The highest BCUT2D eigenvalue weighted by molar-refractivity contribution is 8.00. The minimum absolute atomic E-state index is 0.00846. The lowest BCUT2D eigenvalue weighted by molar-refractivity contribution is -0.116. The maximum atomic E-state index is 12.9. The minimum atomic E-state index is -0.00846. The molecule has 0 aliphatic carbocycles. The molecule has 0 aliphatic rings. The van der Waals surface area contributed by atoms with Gasteiger partial charge in [-0.05, 0) is 12.1 Å². The first-order valence-corrected chi connectivity index (χ1v) is 10.0. The molecule has 28 heavy (non-hydrogen) atoms. The van der Waals surface area contributed by atoms with Crippen LogP contribution in [0, 0.1) is 0 Å². The number of furan rings is 1. The Kier molecular flexibility index (Phi) is 5.16. The molecular formula is C21H20N4O2S. The largest absolute Gasteiger partial charge is 0.463 e. The number of amides is 1. The van der Waals surface area contributed by atoms with Gasteiger partial charge in [0.25, 0.3) is 0 Å². The Bertz CT molecular complexity index is 1130. The summed E-state index contributed by atoms with van der Waals surface area (Å²) >= 11 is 1.38. The van der Waals surface area contributed by atoms with Gasteiger partial charge in [0.05, 0.1) is 23.0 Å². The van der Waals surface area contributed by atoms with E-state index in [2.05, 4.69) is 21.2 Å². The second-order valence-corrected chi connectivity index (χ2v) is 7.19. The van der Waals surface area contributed by atoms with Crippen LogP contribution in [-0.2, 0) is 11.2 Å². The summed E-state index contributed by atoms with van der Waals surface area (Å²) in [6.07, 6.45) is 4.15. The summed E-state index contributed by atoms with van der Waals surface area (Å²) < 4.78 is 7.59. The van der Waals surface area contributed by atoms with Crippen LogP contribution >= 0.6 is 11.8 Å². The smallest absolute Gasteiger partial charge is 0.237 e. The van der Waals surface area contributed by atoms with E-state index in [9.17, 15) is 4.79 Å². The number of thioether (sulfide) groups is 1. The van der Waals surface area contributed by atoms with Crippen molar-refractivity contribution in [2.45, 2.75) is 18.4 Å². The first-order valence-electron chi connectivity index (χ1n) is 9.06. The van der Waals surface area contributed by atoms with Crippen LogP contribution in [0.15, 0.2) is 70.8 Å². The quantitative estimate of drug-likeness (QED) is 0.346. The van der Waals surface area contributed by atoms with Gasteiger partial charge in [-0.15, -0.1) is 16.8 Å². The third kappa shape index (κ3) is 3.29. The molecule has 1 amide bonds. The summed E-state index contributed by atoms with van der Waals surface area (Å²) in [6.45, 7) is 6.26. The van der Waals surface area contributed by atoms with Gasteiger partial charge in [-0.2, -0.15) is 0 Å². The van der Waals surface area contributed by atoms with Crippen LogP contribution in [0.3, 0.4) is 0 Å². The lowest BCUT2D eigenvalue weighted by Crippen LogP contribution is -2.32. The van der Waals surface area contributed by atoms with Crippen LogP contribution in [0.5, 0.6) is 0 Å². The van der Waals surface area contributed by atoms with E-state index in [1.54, 1.807) is 17.2 Å². The predicted octanol–water partition coefficient (Wildman–Crippen LogP) is 4.35. The zero-order valence-corrected chi connectivity index (χ0v) is 16.4. The van der Waals surface area contributed by atoms with Gasteiger partial charge in [0.1, 0.15) is 10.9 Å². The van der Waals surface area contributed by atoms with Crippen molar-refractivity contribution in [1.82, 2.24) is 14.6 Å². The number of hydrogen-bond acceptors (Lipinski definition) is 5. The van der Waals surface area contributed by atoms with Gasteiger partial charge in [-0.25, -0.2) is 0 Å². The molecule has 142 valence electrons. The van der Waals surface area contributed by atoms with Crippen LogP contribution < -0.4 is 4.90 Å². The second-order valence-electron chi connectivity index (χ2n) is 6.23. The van der Waals surface area contributed by atoms with Gasteiger partial charge in [-0.1, -0.05) is 43.0 Å². The SMILES string of the molecule is C=CCN(C(=O)CSc1nnc(CC)n2c1cc1occc12)c1ccccc1. The highest BCUT2D eigenvalue weighted by Gasteiger charge is 2.18. The fourth-order valence-corrected chi connectivity index (χ4v) is 4.00. The van der Waals surface area contributed by atoms with Crippen molar-refractivity contribution in [3.63, 3.8) is 0 Å². The van der Waals surface area contributed by atoms with E-state index in [4.69, 9.17) is 4.42 Å². The van der Waals surface area contributed by atoms with Crippen molar-refractivity contribution in [2.24, 2.45) is 0 Å². The average Bonchev–Trinajstić information content (AvgIpc) is 3.32. The van der Waals surface area contributed by atoms with Crippen LogP contribution in [0.1, 0.15) is 12.7 Å². The zero-order valence-electron chi connectivity index (χ0n) is 15.5. The summed E-state index contributed by atoms with van der Waals surface area (Å²) in [5.41, 5.74) is 3.52. The molecule has 0 N–H and O–H groups in total. The number of rotatable bonds is 7. The molecule has 0 spiro atoms. The number of anilines is 1. The van der Waals surface area contributed by atoms with E-state index in [0.717, 1.165) is 34.5 Å². The highest BCUT2D eigenvalue weighted by atomic mass is 32.2. The molecule has 0 bridgehead atoms. The minimum Gasteiger partial charge on any atom is -0.463 e. The summed E-state index contributed by atoms with van der Waals surface area (Å²) in [6, 6.07) is 13.5. The molecule has 0 saturated carbocycles. The van der Waals surface area contributed by atoms with Gasteiger partial charge in [0, 0.05) is 30.8 Å². The molecule has 0 radical (unpaired) electrons. The summed E-state index contributed by atoms with van der Waals surface area (Å²) in [5.74, 6) is 1.11. The monoisotopic (exact) mass is 392 g/mol. The molecule has 4 aromatic rings. The summed E-state index contributed by atoms with van der Waals surface area (Å²) in [5, 5.41) is 9.43. The maximum absolute atomic E-state index is 12.9. The van der Waals surface area contributed by atoms with Crippen molar-refractivity contribution in [1.29, 1.82) is 0 Å². The number of benzene rings is 1. The summed E-state index contributed by atoms with van der Waals surface area (Å²) in [7, 11) is 0. The number of para-hydroxylation sites is 1. The molecule has 0 saturated heterocycles. The van der Waals surface area contributed by atoms with Crippen molar-refractivity contribution in [2.75, 3.05) is 17.2 Å². The Hall–Kier alpha value is -3.06. The molecule has 0 atom stereocenters. The molecule has 6 nitrogen and oxygen atoms in total. The van der Waals surface area contributed by atoms with Crippen LogP contribution in [-0.4, -0.2) is 32.8 Å². The van der Waals surface area contributed by atoms with Gasteiger partial charge in [0.2, 0.25) is 5.91 Å². The van der Waals surface area contributed by atoms with Crippen LogP contribution in [0.25, 0.3) is 16.6 Å². The van der Waals surface area contributed by atoms with Gasteiger partial charge < -0.3 is 9.32 Å². The fourth-order valence-electron chi connectivity index (χ4n) is 3.19. The summed E-state index contributed by atoms with van der Waals surface area (Å²) in [4.78, 5) is 14.6. The van der Waals surface area contributed by atoms with E-state index in [1.165, 1.54) is 11.8 Å². The number of fused-ring (bicyclic) bond motifs is 3. The molecule has 7 heteroatoms. The molecule has 0 aliphatic heterocycles. The van der Waals surface area contributed by atoms with E-state index in [-0.39, 0.29) is 11.7 Å². The Morgan fingerprint density at radius 2 is 2.07 bits per heavy atom. The van der Waals surface area contributed by atoms with E-state index in [1.807, 2.05) is 49.4 Å². The van der Waals surface area contributed by atoms with Gasteiger partial charge in [-0.3, -0.25) is 9.20 Å². The Labute approximate surface area is 166 Å². The fraction of sp³-hybridized carbons (Fsp3) is 0.190. The first-order chi connectivity index (χ1) is 13.7. The Morgan fingerprint density at radius 3 is 2.82 bits per heavy atom. The standard InChI is InChI=1S/C21H20N4O2S/c1-3-11-24(15-8-6-5-7-9-15)20(26)14-28-21-17-13-18-16(10-12-27-18)25(17)19(4-2)22-23-21/h3,5-10,12-13H,1,4,11,14H2,2H3. The molecule has 4 rings (SSSR count). The number of aryl methyl sites for hydroxylation is 1. The molecule has 0 fully saturated rings. The van der Waals surface area contributed by atoms with Gasteiger partial charge >= 0.3 is 0 Å². The molecule has 3 aromatic heterocycles. The predicted molar refractivity (Wildman–Crippen MR) is 112 cm³/mol. The molecule has 3 heterocycles. The number of hydrogen-bond donors (Lipinski definition) is 0. The Balaban J connectivity index is 1.61. The number of nitrogens with zero attached hydrogens (tertiary/aromatic N) is 4. The van der Waals surface area contributed by atoms with Crippen molar-refractivity contribution >= 4 is 40.0 Å². The van der Waals surface area contributed by atoms with Crippen molar-refractivity contribution in [3.05, 3.63) is 67.2 Å². The topological polar surface area (TPSA) is 63.6 Å². The first kappa shape index (κ1) is 18.3. The number of carbonyl (C=O) groups is 1. The van der Waals surface area contributed by atoms with Crippen LogP contribution in [0.2, 0.25) is 0 Å². The molecule has 1 aromatic carbocycles. The maximum Gasteiger partial charge on any atom is 0.237 e. The lowest BCUT2D eigenvalue weighted by atomic mass is 10.3. The number of aromatic nitrogens is 3. The Morgan fingerprint density at radius 1 is 1.25 bits per heavy atom. The average molecular weight is 392 g/mol. The van der Waals surface area contributed by atoms with Gasteiger partial charge in [0.15, 0.2) is 5.58 Å². The van der Waals surface area contributed by atoms with Crippen molar-refractivity contribution in [3.8, 4) is 0 Å². The number of carbonyl (C=O) groups excluding carboxylic acids is 1. The normalized spacial score (nSPS) is 11.2. The highest BCUT2D eigenvalue weighted by Crippen LogP contribution is 2.29.